The van der Waals surface area contributed by atoms with Gasteiger partial charge in [-0.1, -0.05) is 18.2 Å². The average Bonchev–Trinajstić information content (AvgIpc) is 2.66. The van der Waals surface area contributed by atoms with E-state index in [-0.39, 0.29) is 18.9 Å². The zero-order valence-electron chi connectivity index (χ0n) is 9.61. The van der Waals surface area contributed by atoms with Crippen LogP contribution in [0.4, 0.5) is 0 Å². The molecule has 5 nitrogen and oxygen atoms in total. The van der Waals surface area contributed by atoms with Gasteiger partial charge in [-0.05, 0) is 12.1 Å². The number of carbonyl (C=O) groups is 2. The van der Waals surface area contributed by atoms with E-state index in [2.05, 4.69) is 12.6 Å². The number of aliphatic carboxylic acids is 1. The normalized spacial score (nSPS) is 27.2. The van der Waals surface area contributed by atoms with Crippen LogP contribution >= 0.6 is 12.6 Å². The molecule has 96 valence electrons. The third kappa shape index (κ3) is 2.49. The molecule has 2 rings (SSSR count). The Morgan fingerprint density at radius 3 is 2.56 bits per heavy atom. The topological polar surface area (TPSA) is 83.6 Å². The number of hydrogen-bond donors (Lipinski definition) is 3. The summed E-state index contributed by atoms with van der Waals surface area (Å²) in [7, 11) is 0. The van der Waals surface area contributed by atoms with E-state index in [4.69, 9.17) is 10.8 Å². The van der Waals surface area contributed by atoms with Crippen LogP contribution < -0.4 is 5.73 Å². The Morgan fingerprint density at radius 2 is 2.00 bits per heavy atom. The molecule has 1 saturated heterocycles. The van der Waals surface area contributed by atoms with Gasteiger partial charge in [0.2, 0.25) is 0 Å². The maximum atomic E-state index is 12.2. The average molecular weight is 266 g/mol. The Bertz CT molecular complexity index is 475. The molecule has 1 aromatic rings. The van der Waals surface area contributed by atoms with Gasteiger partial charge < -0.3 is 15.7 Å². The molecule has 2 atom stereocenters. The number of nitrogens with two attached hydrogens (primary N) is 1. The van der Waals surface area contributed by atoms with Crippen LogP contribution in [-0.4, -0.2) is 39.3 Å². The van der Waals surface area contributed by atoms with Crippen LogP contribution in [0.15, 0.2) is 30.3 Å². The summed E-state index contributed by atoms with van der Waals surface area (Å²) in [5.74, 6) is -1.38. The second-order valence-corrected chi connectivity index (χ2v) is 5.35. The van der Waals surface area contributed by atoms with E-state index in [1.54, 1.807) is 30.3 Å². The minimum atomic E-state index is -1.05. The van der Waals surface area contributed by atoms with Gasteiger partial charge in [-0.15, -0.1) is 0 Å². The summed E-state index contributed by atoms with van der Waals surface area (Å²) in [6.45, 7) is 0.126. The van der Waals surface area contributed by atoms with E-state index in [9.17, 15) is 9.59 Å². The standard InChI is InChI=1S/C12H14N2O3S/c13-12(18)6-9(11(16)17)14(7-12)10(15)8-4-2-1-3-5-8/h1-5,9,18H,6-7,13H2,(H,16,17)/t9-,12-/m0/s1. The SMILES string of the molecule is N[C@]1(S)C[C@@H](C(=O)O)N(C(=O)c2ccccc2)C1. The molecule has 1 aliphatic rings. The lowest BCUT2D eigenvalue weighted by Crippen LogP contribution is -2.41. The van der Waals surface area contributed by atoms with Crippen molar-refractivity contribution >= 4 is 24.5 Å². The monoisotopic (exact) mass is 266 g/mol. The lowest BCUT2D eigenvalue weighted by atomic mass is 10.1. The molecule has 1 fully saturated rings. The van der Waals surface area contributed by atoms with Crippen LogP contribution in [0.1, 0.15) is 16.8 Å². The first-order valence-corrected chi connectivity index (χ1v) is 5.95. The Hall–Kier alpha value is -1.53. The summed E-state index contributed by atoms with van der Waals surface area (Å²) < 4.78 is 0. The number of hydrogen-bond acceptors (Lipinski definition) is 4. The van der Waals surface area contributed by atoms with Crippen molar-refractivity contribution < 1.29 is 14.7 Å². The number of carboxylic acid groups (broad SMARTS) is 1. The maximum Gasteiger partial charge on any atom is 0.326 e. The van der Waals surface area contributed by atoms with Gasteiger partial charge in [0, 0.05) is 18.5 Å². The van der Waals surface area contributed by atoms with Gasteiger partial charge in [-0.2, -0.15) is 12.6 Å². The van der Waals surface area contributed by atoms with E-state index in [0.29, 0.717) is 5.56 Å². The predicted octanol–water partition coefficient (Wildman–Crippen LogP) is 0.570. The highest BCUT2D eigenvalue weighted by atomic mass is 32.1. The molecule has 6 heteroatoms. The largest absolute Gasteiger partial charge is 0.480 e. The molecule has 0 radical (unpaired) electrons. The van der Waals surface area contributed by atoms with Crippen molar-refractivity contribution in [1.82, 2.24) is 4.90 Å². The zero-order valence-corrected chi connectivity index (χ0v) is 10.5. The molecule has 0 aliphatic carbocycles. The Balaban J connectivity index is 2.27. The fraction of sp³-hybridized carbons (Fsp3) is 0.333. The number of nitrogens with zero attached hydrogens (tertiary/aromatic N) is 1. The number of carbonyl (C=O) groups excluding carboxylic acids is 1. The van der Waals surface area contributed by atoms with E-state index in [0.717, 1.165) is 0 Å². The van der Waals surface area contributed by atoms with Crippen LogP contribution in [0.2, 0.25) is 0 Å². The molecule has 0 spiro atoms. The van der Waals surface area contributed by atoms with Gasteiger partial charge in [0.05, 0.1) is 4.87 Å². The number of likely N-dealkylation sites (tertiary alicyclic amines) is 1. The first-order chi connectivity index (χ1) is 8.41. The molecule has 1 aromatic carbocycles. The number of rotatable bonds is 2. The first-order valence-electron chi connectivity index (χ1n) is 5.51. The third-order valence-electron chi connectivity index (χ3n) is 2.93. The molecule has 1 aliphatic heterocycles. The molecule has 0 saturated carbocycles. The van der Waals surface area contributed by atoms with E-state index in [1.807, 2.05) is 0 Å². The third-order valence-corrected chi connectivity index (χ3v) is 3.26. The van der Waals surface area contributed by atoms with Crippen molar-refractivity contribution in [3.05, 3.63) is 35.9 Å². The predicted molar refractivity (Wildman–Crippen MR) is 69.4 cm³/mol. The fourth-order valence-electron chi connectivity index (χ4n) is 2.10. The number of benzene rings is 1. The summed E-state index contributed by atoms with van der Waals surface area (Å²) in [5, 5.41) is 9.13. The molecule has 1 heterocycles. The van der Waals surface area contributed by atoms with Gasteiger partial charge in [-0.25, -0.2) is 4.79 Å². The van der Waals surface area contributed by atoms with E-state index in [1.165, 1.54) is 4.90 Å². The minimum absolute atomic E-state index is 0.126. The first kappa shape index (κ1) is 12.9. The van der Waals surface area contributed by atoms with Crippen LogP contribution in [-0.2, 0) is 4.79 Å². The second-order valence-electron chi connectivity index (χ2n) is 4.46. The highest BCUT2D eigenvalue weighted by Gasteiger charge is 2.45. The Morgan fingerprint density at radius 1 is 1.39 bits per heavy atom. The van der Waals surface area contributed by atoms with Crippen LogP contribution in [0.25, 0.3) is 0 Å². The van der Waals surface area contributed by atoms with Crippen LogP contribution in [0, 0.1) is 0 Å². The van der Waals surface area contributed by atoms with Crippen molar-refractivity contribution in [3.8, 4) is 0 Å². The fourth-order valence-corrected chi connectivity index (χ4v) is 2.42. The Kier molecular flexibility index (Phi) is 3.32. The molecule has 0 bridgehead atoms. The van der Waals surface area contributed by atoms with Crippen molar-refractivity contribution in [1.29, 1.82) is 0 Å². The van der Waals surface area contributed by atoms with E-state index < -0.39 is 16.9 Å². The van der Waals surface area contributed by atoms with Crippen molar-refractivity contribution in [2.75, 3.05) is 6.54 Å². The number of thiol groups is 1. The smallest absolute Gasteiger partial charge is 0.326 e. The second kappa shape index (κ2) is 4.62. The minimum Gasteiger partial charge on any atom is -0.480 e. The summed E-state index contributed by atoms with van der Waals surface area (Å²) in [6.07, 6.45) is 0.143. The zero-order chi connectivity index (χ0) is 13.3. The maximum absolute atomic E-state index is 12.2. The van der Waals surface area contributed by atoms with Gasteiger partial charge in [0.1, 0.15) is 6.04 Å². The van der Waals surface area contributed by atoms with Gasteiger partial charge in [0.25, 0.3) is 5.91 Å². The van der Waals surface area contributed by atoms with Gasteiger partial charge in [0.15, 0.2) is 0 Å². The number of amides is 1. The molecule has 0 aromatic heterocycles. The van der Waals surface area contributed by atoms with Gasteiger partial charge >= 0.3 is 5.97 Å². The van der Waals surface area contributed by atoms with Crippen LogP contribution in [0.3, 0.4) is 0 Å². The molecule has 1 amide bonds. The molecular weight excluding hydrogens is 252 g/mol. The lowest BCUT2D eigenvalue weighted by Gasteiger charge is -2.21. The Labute approximate surface area is 110 Å². The van der Waals surface area contributed by atoms with Crippen molar-refractivity contribution in [3.63, 3.8) is 0 Å². The highest BCUT2D eigenvalue weighted by molar-refractivity contribution is 7.81. The summed E-state index contributed by atoms with van der Waals surface area (Å²) in [6, 6.07) is 7.64. The van der Waals surface area contributed by atoms with Crippen molar-refractivity contribution in [2.45, 2.75) is 17.3 Å². The molecular formula is C12H14N2O3S. The summed E-state index contributed by atoms with van der Waals surface area (Å²) >= 11 is 4.19. The molecule has 3 N–H and O–H groups in total. The quantitative estimate of drug-likeness (QED) is 0.540. The summed E-state index contributed by atoms with van der Waals surface area (Å²) in [4.78, 5) is 23.7. The summed E-state index contributed by atoms with van der Waals surface area (Å²) in [5.41, 5.74) is 6.27. The van der Waals surface area contributed by atoms with E-state index >= 15 is 0 Å². The molecule has 18 heavy (non-hydrogen) atoms. The lowest BCUT2D eigenvalue weighted by molar-refractivity contribution is -0.141. The van der Waals surface area contributed by atoms with Gasteiger partial charge in [-0.3, -0.25) is 4.79 Å². The van der Waals surface area contributed by atoms with Crippen LogP contribution in [0.5, 0.6) is 0 Å². The molecule has 0 unspecified atom stereocenters. The highest BCUT2D eigenvalue weighted by Crippen LogP contribution is 2.29. The van der Waals surface area contributed by atoms with Crippen molar-refractivity contribution in [2.24, 2.45) is 5.73 Å². The number of carboxylic acids is 1.